The summed E-state index contributed by atoms with van der Waals surface area (Å²) >= 11 is 0. The van der Waals surface area contributed by atoms with E-state index in [0.717, 1.165) is 39.3 Å². The SMILES string of the molecule is CCCCCCCCCCCCNc1ccc2c(=O)n3c(c4cccc1c24)=NCC3. The summed E-state index contributed by atoms with van der Waals surface area (Å²) in [6, 6.07) is 10.4. The fraction of sp³-hybridized carbons (Fsp3) is 0.538. The van der Waals surface area contributed by atoms with Gasteiger partial charge in [-0.3, -0.25) is 14.4 Å². The zero-order chi connectivity index (χ0) is 20.8. The Morgan fingerprint density at radius 2 is 1.57 bits per heavy atom. The van der Waals surface area contributed by atoms with Gasteiger partial charge in [0.15, 0.2) is 0 Å². The van der Waals surface area contributed by atoms with Crippen molar-refractivity contribution in [3.63, 3.8) is 0 Å². The minimum atomic E-state index is 0.0937. The van der Waals surface area contributed by atoms with Crippen molar-refractivity contribution < 1.29 is 0 Å². The lowest BCUT2D eigenvalue weighted by atomic mass is 10.0. The maximum atomic E-state index is 12.9. The molecule has 0 unspecified atom stereocenters. The Labute approximate surface area is 179 Å². The summed E-state index contributed by atoms with van der Waals surface area (Å²) in [5.74, 6) is 0. The van der Waals surface area contributed by atoms with Gasteiger partial charge in [0.1, 0.15) is 5.49 Å². The topological polar surface area (TPSA) is 46.4 Å². The molecule has 0 saturated heterocycles. The molecule has 3 aromatic rings. The fourth-order valence-electron chi connectivity index (χ4n) is 4.78. The molecule has 30 heavy (non-hydrogen) atoms. The van der Waals surface area contributed by atoms with E-state index in [4.69, 9.17) is 0 Å². The Balaban J connectivity index is 1.34. The Bertz CT molecular complexity index is 1100. The maximum absolute atomic E-state index is 12.9. The van der Waals surface area contributed by atoms with Gasteiger partial charge in [0.2, 0.25) is 0 Å². The molecule has 0 amide bonds. The van der Waals surface area contributed by atoms with E-state index in [1.807, 2.05) is 10.6 Å². The number of rotatable bonds is 12. The first-order valence-corrected chi connectivity index (χ1v) is 12.0. The molecule has 1 aromatic heterocycles. The summed E-state index contributed by atoms with van der Waals surface area (Å²) in [6.45, 7) is 4.66. The molecule has 1 aliphatic heterocycles. The molecule has 0 aliphatic carbocycles. The molecule has 2 aromatic carbocycles. The van der Waals surface area contributed by atoms with Crippen molar-refractivity contribution >= 4 is 27.2 Å². The Morgan fingerprint density at radius 3 is 2.33 bits per heavy atom. The average molecular weight is 406 g/mol. The van der Waals surface area contributed by atoms with Crippen molar-refractivity contribution in [2.24, 2.45) is 4.99 Å². The molecule has 0 spiro atoms. The molecule has 4 nitrogen and oxygen atoms in total. The molecule has 4 rings (SSSR count). The van der Waals surface area contributed by atoms with Gasteiger partial charge >= 0.3 is 0 Å². The quantitative estimate of drug-likeness (QED) is 0.385. The molecular formula is C26H35N3O. The van der Waals surface area contributed by atoms with Crippen LogP contribution in [-0.4, -0.2) is 17.7 Å². The summed E-state index contributed by atoms with van der Waals surface area (Å²) in [5.41, 5.74) is 2.08. The van der Waals surface area contributed by atoms with Gasteiger partial charge in [-0.1, -0.05) is 82.9 Å². The average Bonchev–Trinajstić information content (AvgIpc) is 3.26. The molecule has 0 saturated carbocycles. The van der Waals surface area contributed by atoms with Crippen LogP contribution < -0.4 is 16.4 Å². The second-order valence-corrected chi connectivity index (χ2v) is 8.66. The zero-order valence-electron chi connectivity index (χ0n) is 18.4. The Kier molecular flexibility index (Phi) is 7.03. The third kappa shape index (κ3) is 4.38. The predicted octanol–water partition coefficient (Wildman–Crippen LogP) is 5.84. The van der Waals surface area contributed by atoms with Crippen LogP contribution >= 0.6 is 0 Å². The van der Waals surface area contributed by atoms with Gasteiger partial charge in [-0.05, 0) is 18.6 Å². The number of pyridine rings is 1. The number of nitrogens with one attached hydrogen (secondary N) is 1. The van der Waals surface area contributed by atoms with E-state index in [1.165, 1.54) is 64.2 Å². The van der Waals surface area contributed by atoms with Crippen molar-refractivity contribution in [2.75, 3.05) is 18.4 Å². The van der Waals surface area contributed by atoms with E-state index in [1.54, 1.807) is 0 Å². The Morgan fingerprint density at radius 1 is 0.867 bits per heavy atom. The van der Waals surface area contributed by atoms with Crippen molar-refractivity contribution in [3.8, 4) is 0 Å². The Hall–Kier alpha value is -2.36. The van der Waals surface area contributed by atoms with Gasteiger partial charge in [0.05, 0.1) is 6.54 Å². The molecule has 1 N–H and O–H groups in total. The van der Waals surface area contributed by atoms with E-state index >= 15 is 0 Å². The van der Waals surface area contributed by atoms with Crippen molar-refractivity contribution in [3.05, 3.63) is 46.2 Å². The number of anilines is 1. The molecule has 0 atom stereocenters. The van der Waals surface area contributed by atoms with Crippen LogP contribution in [-0.2, 0) is 6.54 Å². The van der Waals surface area contributed by atoms with Gasteiger partial charge in [-0.25, -0.2) is 0 Å². The van der Waals surface area contributed by atoms with Crippen LogP contribution in [0.1, 0.15) is 71.1 Å². The molecule has 1 aliphatic rings. The molecular weight excluding hydrogens is 370 g/mol. The summed E-state index contributed by atoms with van der Waals surface area (Å²) in [6.07, 6.45) is 13.5. The van der Waals surface area contributed by atoms with Gasteiger partial charge < -0.3 is 5.32 Å². The molecule has 0 bridgehead atoms. The standard InChI is InChI=1S/C26H35N3O/c1-2-3-4-5-6-7-8-9-10-11-17-27-23-16-15-22-24-20(23)13-12-14-21(24)25-28-18-19-29(25)26(22)30/h12-16,27H,2-11,17-19H2,1H3. The normalized spacial score (nSPS) is 13.1. The fourth-order valence-corrected chi connectivity index (χ4v) is 4.78. The lowest BCUT2D eigenvalue weighted by molar-refractivity contribution is 0.560. The number of aromatic nitrogens is 1. The third-order valence-corrected chi connectivity index (χ3v) is 6.44. The first-order valence-electron chi connectivity index (χ1n) is 12.0. The van der Waals surface area contributed by atoms with Crippen LogP contribution in [0.25, 0.3) is 21.5 Å². The summed E-state index contributed by atoms with van der Waals surface area (Å²) in [4.78, 5) is 17.5. The number of fused-ring (bicyclic) bond motifs is 2. The summed E-state index contributed by atoms with van der Waals surface area (Å²) in [5, 5.41) is 7.74. The second-order valence-electron chi connectivity index (χ2n) is 8.66. The highest BCUT2D eigenvalue weighted by Crippen LogP contribution is 2.29. The van der Waals surface area contributed by atoms with Crippen molar-refractivity contribution in [1.82, 2.24) is 4.57 Å². The van der Waals surface area contributed by atoms with Crippen LogP contribution in [0.2, 0.25) is 0 Å². The zero-order valence-corrected chi connectivity index (χ0v) is 18.4. The van der Waals surface area contributed by atoms with E-state index in [-0.39, 0.29) is 5.56 Å². The smallest absolute Gasteiger partial charge is 0.260 e. The predicted molar refractivity (Wildman–Crippen MR) is 128 cm³/mol. The van der Waals surface area contributed by atoms with Crippen molar-refractivity contribution in [2.45, 2.75) is 77.7 Å². The van der Waals surface area contributed by atoms with E-state index in [9.17, 15) is 4.79 Å². The lowest BCUT2D eigenvalue weighted by Crippen LogP contribution is -2.30. The van der Waals surface area contributed by atoms with Gasteiger partial charge in [0.25, 0.3) is 5.56 Å². The number of nitrogens with zero attached hydrogens (tertiary/aromatic N) is 2. The largest absolute Gasteiger partial charge is 0.385 e. The molecule has 160 valence electrons. The number of hydrogen-bond acceptors (Lipinski definition) is 3. The molecule has 2 heterocycles. The molecule has 0 fully saturated rings. The minimum Gasteiger partial charge on any atom is -0.385 e. The second kappa shape index (κ2) is 10.1. The van der Waals surface area contributed by atoms with Crippen LogP contribution in [0.5, 0.6) is 0 Å². The van der Waals surface area contributed by atoms with E-state index in [2.05, 4.69) is 41.5 Å². The minimum absolute atomic E-state index is 0.0937. The van der Waals surface area contributed by atoms with Crippen LogP contribution in [0, 0.1) is 0 Å². The number of benzene rings is 2. The highest BCUT2D eigenvalue weighted by molar-refractivity contribution is 6.13. The van der Waals surface area contributed by atoms with E-state index < -0.39 is 0 Å². The monoisotopic (exact) mass is 405 g/mol. The van der Waals surface area contributed by atoms with Crippen LogP contribution in [0.4, 0.5) is 5.69 Å². The van der Waals surface area contributed by atoms with Gasteiger partial charge in [-0.2, -0.15) is 0 Å². The summed E-state index contributed by atoms with van der Waals surface area (Å²) in [7, 11) is 0. The first-order chi connectivity index (χ1) is 14.8. The van der Waals surface area contributed by atoms with E-state index in [0.29, 0.717) is 13.1 Å². The van der Waals surface area contributed by atoms with Gasteiger partial charge in [-0.15, -0.1) is 0 Å². The molecule has 4 heteroatoms. The maximum Gasteiger partial charge on any atom is 0.260 e. The van der Waals surface area contributed by atoms with Crippen molar-refractivity contribution in [1.29, 1.82) is 0 Å². The highest BCUT2D eigenvalue weighted by atomic mass is 16.1. The van der Waals surface area contributed by atoms with Gasteiger partial charge in [0, 0.05) is 40.3 Å². The molecule has 0 radical (unpaired) electrons. The lowest BCUT2D eigenvalue weighted by Gasteiger charge is -2.13. The van der Waals surface area contributed by atoms with Crippen LogP contribution in [0.15, 0.2) is 40.1 Å². The number of unbranched alkanes of at least 4 members (excludes halogenated alkanes) is 9. The first kappa shape index (κ1) is 20.9. The highest BCUT2D eigenvalue weighted by Gasteiger charge is 2.16. The van der Waals surface area contributed by atoms with Crippen LogP contribution in [0.3, 0.4) is 0 Å². The summed E-state index contributed by atoms with van der Waals surface area (Å²) < 4.78 is 1.83. The third-order valence-electron chi connectivity index (χ3n) is 6.44. The number of hydrogen-bond donors (Lipinski definition) is 1.